The van der Waals surface area contributed by atoms with E-state index in [-0.39, 0.29) is 16.8 Å². The van der Waals surface area contributed by atoms with Crippen LogP contribution in [0, 0.1) is 17.8 Å². The second-order valence-corrected chi connectivity index (χ2v) is 8.90. The van der Waals surface area contributed by atoms with Gasteiger partial charge in [-0.2, -0.15) is 0 Å². The lowest BCUT2D eigenvalue weighted by Crippen LogP contribution is -2.42. The number of nitrogens with zero attached hydrogens (tertiary/aromatic N) is 1. The molecule has 0 aromatic carbocycles. The van der Waals surface area contributed by atoms with Crippen molar-refractivity contribution < 1.29 is 14.0 Å². The quantitative estimate of drug-likeness (QED) is 0.364. The summed E-state index contributed by atoms with van der Waals surface area (Å²) in [6.07, 6.45) is 3.59. The lowest BCUT2D eigenvalue weighted by Gasteiger charge is -2.32. The molecule has 0 atom stereocenters. The number of hydrogen-bond donors (Lipinski definition) is 0. The molecule has 0 amide bonds. The van der Waals surface area contributed by atoms with E-state index in [0.717, 1.165) is 36.8 Å². The van der Waals surface area contributed by atoms with Crippen molar-refractivity contribution in [1.82, 2.24) is 0 Å². The molecule has 0 fully saturated rings. The fourth-order valence-corrected chi connectivity index (χ4v) is 2.88. The van der Waals surface area contributed by atoms with Gasteiger partial charge in [0.25, 0.3) is 0 Å². The number of quaternary nitrogens is 1. The highest BCUT2D eigenvalue weighted by molar-refractivity contribution is 5.69. The first-order valence-corrected chi connectivity index (χ1v) is 8.14. The molecule has 0 saturated carbocycles. The molecule has 0 aromatic heterocycles. The molecule has 0 aliphatic carbocycles. The first-order chi connectivity index (χ1) is 9.37. The second-order valence-electron chi connectivity index (χ2n) is 8.90. The van der Waals surface area contributed by atoms with Gasteiger partial charge in [-0.3, -0.25) is 4.79 Å². The van der Waals surface area contributed by atoms with E-state index < -0.39 is 0 Å². The van der Waals surface area contributed by atoms with E-state index in [2.05, 4.69) is 55.6 Å². The number of carbonyl (C=O) groups excluding carboxylic acids is 1. The third-order valence-electron chi connectivity index (χ3n) is 3.57. The molecule has 0 spiro atoms. The molecule has 0 unspecified atom stereocenters. The summed E-state index contributed by atoms with van der Waals surface area (Å²) in [5.74, 6) is -0.0715. The van der Waals surface area contributed by atoms with Gasteiger partial charge in [-0.1, -0.05) is 34.6 Å². The summed E-state index contributed by atoms with van der Waals surface area (Å²) in [6.45, 7) is 17.3. The molecular formula is C18H37NO2+2. The summed E-state index contributed by atoms with van der Waals surface area (Å²) in [4.78, 5) is 11.9. The first kappa shape index (κ1) is 20.3. The number of rotatable bonds is 9. The zero-order chi connectivity index (χ0) is 16.7. The van der Waals surface area contributed by atoms with Crippen LogP contribution in [0.5, 0.6) is 0 Å². The van der Waals surface area contributed by atoms with E-state index in [9.17, 15) is 4.79 Å². The standard InChI is InChI=1S/C18H37NO2/c1-9-10-12-19(7,8)13-11-16(20)21-15-18(5,6)14-17(2,3)4/h1,9-15H2,2-8H3/q+2. The van der Waals surface area contributed by atoms with E-state index in [4.69, 9.17) is 4.74 Å². The van der Waals surface area contributed by atoms with Gasteiger partial charge >= 0.3 is 5.97 Å². The van der Waals surface area contributed by atoms with Crippen LogP contribution in [0.3, 0.4) is 0 Å². The number of hydrogen-bond acceptors (Lipinski definition) is 2. The maximum atomic E-state index is 11.9. The Bertz CT molecular complexity index is 314. The van der Waals surface area contributed by atoms with Crippen molar-refractivity contribution in [3.8, 4) is 0 Å². The van der Waals surface area contributed by atoms with Gasteiger partial charge in [0.1, 0.15) is 0 Å². The average Bonchev–Trinajstić information content (AvgIpc) is 2.29. The summed E-state index contributed by atoms with van der Waals surface area (Å²) in [6, 6.07) is 0. The Balaban J connectivity index is 4.10. The molecule has 124 valence electrons. The van der Waals surface area contributed by atoms with Crippen LogP contribution in [0.25, 0.3) is 0 Å². The number of esters is 1. The third-order valence-corrected chi connectivity index (χ3v) is 3.57. The summed E-state index contributed by atoms with van der Waals surface area (Å²) < 4.78 is 6.35. The zero-order valence-electron chi connectivity index (χ0n) is 15.4. The van der Waals surface area contributed by atoms with Crippen molar-refractivity contribution in [2.24, 2.45) is 10.8 Å². The van der Waals surface area contributed by atoms with Gasteiger partial charge in [-0.05, 0) is 17.3 Å². The minimum absolute atomic E-state index is 0.0339. The van der Waals surface area contributed by atoms with Gasteiger partial charge in [-0.25, -0.2) is 0 Å². The Kier molecular flexibility index (Phi) is 7.80. The Hall–Kier alpha value is -0.700. The van der Waals surface area contributed by atoms with Crippen LogP contribution in [0.1, 0.15) is 60.3 Å². The molecule has 0 aliphatic heterocycles. The van der Waals surface area contributed by atoms with Crippen LogP contribution in [-0.2, 0) is 9.53 Å². The molecule has 0 rings (SSSR count). The summed E-state index contributed by atoms with van der Waals surface area (Å²) >= 11 is 0. The summed E-state index contributed by atoms with van der Waals surface area (Å²) in [5.41, 5.74) is 0.287. The molecule has 21 heavy (non-hydrogen) atoms. The second kappa shape index (κ2) is 8.07. The minimum Gasteiger partial charge on any atom is -0.465 e. The van der Waals surface area contributed by atoms with Gasteiger partial charge in [0.2, 0.25) is 0 Å². The van der Waals surface area contributed by atoms with Crippen molar-refractivity contribution in [2.75, 3.05) is 33.8 Å². The van der Waals surface area contributed by atoms with Gasteiger partial charge < -0.3 is 9.22 Å². The van der Waals surface area contributed by atoms with E-state index in [1.165, 1.54) is 0 Å². The highest BCUT2D eigenvalue weighted by Crippen LogP contribution is 2.33. The lowest BCUT2D eigenvalue weighted by molar-refractivity contribution is -0.890. The highest BCUT2D eigenvalue weighted by atomic mass is 16.5. The maximum Gasteiger partial charge on any atom is 0.311 e. The summed E-state index contributed by atoms with van der Waals surface area (Å²) in [5, 5.41) is 0. The molecule has 3 nitrogen and oxygen atoms in total. The van der Waals surface area contributed by atoms with Crippen molar-refractivity contribution in [3.63, 3.8) is 0 Å². The highest BCUT2D eigenvalue weighted by Gasteiger charge is 2.27. The molecule has 0 heterocycles. The maximum absolute atomic E-state index is 11.9. The molecular weight excluding hydrogens is 262 g/mol. The molecule has 0 aliphatic rings. The Morgan fingerprint density at radius 1 is 1.10 bits per heavy atom. The van der Waals surface area contributed by atoms with Crippen molar-refractivity contribution in [2.45, 2.75) is 60.3 Å². The van der Waals surface area contributed by atoms with E-state index in [0.29, 0.717) is 13.0 Å². The predicted molar refractivity (Wildman–Crippen MR) is 89.9 cm³/mol. The van der Waals surface area contributed by atoms with Crippen LogP contribution >= 0.6 is 0 Å². The van der Waals surface area contributed by atoms with Crippen LogP contribution < -0.4 is 0 Å². The molecule has 3 heteroatoms. The van der Waals surface area contributed by atoms with Gasteiger partial charge in [0, 0.05) is 6.42 Å². The minimum atomic E-state index is -0.0715. The molecule has 0 N–H and O–H groups in total. The van der Waals surface area contributed by atoms with Crippen LogP contribution in [0.4, 0.5) is 0 Å². The lowest BCUT2D eigenvalue weighted by atomic mass is 9.77. The largest absolute Gasteiger partial charge is 0.465 e. The smallest absolute Gasteiger partial charge is 0.311 e. The van der Waals surface area contributed by atoms with Gasteiger partial charge in [-0.15, -0.1) is 0 Å². The van der Waals surface area contributed by atoms with Gasteiger partial charge in [0.15, 0.2) is 0 Å². The van der Waals surface area contributed by atoms with E-state index >= 15 is 0 Å². The normalized spacial score (nSPS) is 13.3. The van der Waals surface area contributed by atoms with Crippen LogP contribution in [0.15, 0.2) is 0 Å². The molecule has 0 saturated heterocycles. The Morgan fingerprint density at radius 2 is 1.67 bits per heavy atom. The monoisotopic (exact) mass is 299 g/mol. The number of unbranched alkanes of at least 4 members (excludes halogenated alkanes) is 1. The molecule has 0 aromatic rings. The molecule has 0 bridgehead atoms. The fourth-order valence-electron chi connectivity index (χ4n) is 2.88. The van der Waals surface area contributed by atoms with E-state index in [1.54, 1.807) is 0 Å². The Morgan fingerprint density at radius 3 is 2.14 bits per heavy atom. The summed E-state index contributed by atoms with van der Waals surface area (Å²) in [7, 11) is 4.32. The van der Waals surface area contributed by atoms with Crippen molar-refractivity contribution in [1.29, 1.82) is 0 Å². The SMILES string of the molecule is [CH2+]CCC[N+](C)(C)CCC(=O)OCC(C)(C)CC(C)(C)C. The predicted octanol–water partition coefficient (Wildman–Crippen LogP) is 4.07. The van der Waals surface area contributed by atoms with E-state index in [1.807, 2.05) is 0 Å². The van der Waals surface area contributed by atoms with Crippen LogP contribution in [-0.4, -0.2) is 44.2 Å². The number of carbonyl (C=O) groups is 1. The van der Waals surface area contributed by atoms with Crippen molar-refractivity contribution >= 4 is 5.97 Å². The fraction of sp³-hybridized carbons (Fsp3) is 0.889. The van der Waals surface area contributed by atoms with Gasteiger partial charge in [0.05, 0.1) is 53.6 Å². The first-order valence-electron chi connectivity index (χ1n) is 8.14. The number of ether oxygens (including phenoxy) is 1. The topological polar surface area (TPSA) is 26.3 Å². The third kappa shape index (κ3) is 11.6. The Labute approximate surface area is 132 Å². The van der Waals surface area contributed by atoms with Crippen molar-refractivity contribution in [3.05, 3.63) is 6.92 Å². The zero-order valence-corrected chi connectivity index (χ0v) is 15.4. The van der Waals surface area contributed by atoms with Crippen LogP contribution in [0.2, 0.25) is 0 Å². The molecule has 0 radical (unpaired) electrons. The average molecular weight is 299 g/mol.